The molecule has 0 unspecified atom stereocenters. The molecule has 162 valence electrons. The molecule has 2 aromatic heterocycles. The van der Waals surface area contributed by atoms with Crippen molar-refractivity contribution in [2.45, 2.75) is 49.2 Å². The largest absolute Gasteiger partial charge is 0.376 e. The van der Waals surface area contributed by atoms with E-state index in [0.29, 0.717) is 41.4 Å². The number of nitrogens with one attached hydrogen (secondary N) is 1. The number of halogens is 1. The van der Waals surface area contributed by atoms with Crippen LogP contribution < -0.4 is 10.9 Å². The number of pyridine rings is 1. The minimum absolute atomic E-state index is 0.0545. The molecule has 3 aromatic rings. The Labute approximate surface area is 183 Å². The second-order valence-electron chi connectivity index (χ2n) is 7.33. The Balaban J connectivity index is 1.63. The summed E-state index contributed by atoms with van der Waals surface area (Å²) in [5, 5.41) is 3.19. The molecule has 7 nitrogen and oxygen atoms in total. The predicted molar refractivity (Wildman–Crippen MR) is 118 cm³/mol. The van der Waals surface area contributed by atoms with Gasteiger partial charge in [0.05, 0.1) is 23.3 Å². The Hall–Kier alpha value is -2.78. The third-order valence-electron chi connectivity index (χ3n) is 5.13. The summed E-state index contributed by atoms with van der Waals surface area (Å²) < 4.78 is 20.5. The Kier molecular flexibility index (Phi) is 6.62. The zero-order valence-corrected chi connectivity index (χ0v) is 17.9. The quantitative estimate of drug-likeness (QED) is 0.444. The van der Waals surface area contributed by atoms with E-state index < -0.39 is 5.25 Å². The summed E-state index contributed by atoms with van der Waals surface area (Å²) in [4.78, 5) is 34.9. The average molecular weight is 443 g/mol. The van der Waals surface area contributed by atoms with E-state index in [0.717, 1.165) is 12.8 Å². The summed E-state index contributed by atoms with van der Waals surface area (Å²) >= 11 is 1.23. The van der Waals surface area contributed by atoms with Gasteiger partial charge in [-0.25, -0.2) is 14.4 Å². The van der Waals surface area contributed by atoms with Crippen molar-refractivity contribution in [2.75, 3.05) is 11.9 Å². The van der Waals surface area contributed by atoms with Crippen LogP contribution in [0.25, 0.3) is 11.0 Å². The molecule has 31 heavy (non-hydrogen) atoms. The number of hydrogen-bond acceptors (Lipinski definition) is 6. The van der Waals surface area contributed by atoms with Crippen molar-refractivity contribution in [1.82, 2.24) is 14.5 Å². The maximum absolute atomic E-state index is 13.2. The van der Waals surface area contributed by atoms with Gasteiger partial charge >= 0.3 is 0 Å². The molecule has 1 aliphatic heterocycles. The molecule has 0 aliphatic carbocycles. The minimum Gasteiger partial charge on any atom is -0.376 e. The lowest BCUT2D eigenvalue weighted by Gasteiger charge is -2.19. The van der Waals surface area contributed by atoms with Gasteiger partial charge in [0.25, 0.3) is 5.56 Å². The van der Waals surface area contributed by atoms with Crippen molar-refractivity contribution < 1.29 is 13.9 Å². The molecule has 1 aromatic carbocycles. The Morgan fingerprint density at radius 1 is 1.35 bits per heavy atom. The number of amides is 1. The molecule has 0 saturated carbocycles. The van der Waals surface area contributed by atoms with Crippen molar-refractivity contribution in [3.05, 3.63) is 58.8 Å². The van der Waals surface area contributed by atoms with E-state index in [-0.39, 0.29) is 23.4 Å². The Morgan fingerprint density at radius 2 is 2.16 bits per heavy atom. The van der Waals surface area contributed by atoms with Gasteiger partial charge in [-0.15, -0.1) is 0 Å². The second-order valence-corrected chi connectivity index (χ2v) is 8.50. The van der Waals surface area contributed by atoms with E-state index >= 15 is 0 Å². The average Bonchev–Trinajstić information content (AvgIpc) is 3.29. The van der Waals surface area contributed by atoms with Crippen molar-refractivity contribution >= 4 is 34.4 Å². The summed E-state index contributed by atoms with van der Waals surface area (Å²) in [6.07, 6.45) is 3.90. The Morgan fingerprint density at radius 3 is 2.87 bits per heavy atom. The molecule has 1 saturated heterocycles. The number of carbonyl (C=O) groups is 1. The summed E-state index contributed by atoms with van der Waals surface area (Å²) in [5.41, 5.74) is 0.674. The number of fused-ring (bicyclic) bond motifs is 1. The molecule has 4 rings (SSSR count). The van der Waals surface area contributed by atoms with Crippen molar-refractivity contribution in [3.63, 3.8) is 0 Å². The van der Waals surface area contributed by atoms with E-state index in [2.05, 4.69) is 15.3 Å². The van der Waals surface area contributed by atoms with Crippen LogP contribution >= 0.6 is 11.8 Å². The first-order valence-corrected chi connectivity index (χ1v) is 11.1. The lowest BCUT2D eigenvalue weighted by atomic mass is 10.2. The fourth-order valence-corrected chi connectivity index (χ4v) is 4.50. The van der Waals surface area contributed by atoms with E-state index in [1.165, 1.54) is 36.0 Å². The molecule has 1 amide bonds. The molecular weight excluding hydrogens is 419 g/mol. The number of benzene rings is 1. The SMILES string of the molecule is CC[C@H](Sc1nc2ncccc2c(=O)n1C[C@@H]1CCCO1)C(=O)Nc1ccc(F)cc1. The topological polar surface area (TPSA) is 86.1 Å². The number of aromatic nitrogens is 3. The molecule has 1 aliphatic rings. The van der Waals surface area contributed by atoms with Crippen LogP contribution in [-0.4, -0.2) is 38.4 Å². The van der Waals surface area contributed by atoms with Crippen LogP contribution in [0.2, 0.25) is 0 Å². The van der Waals surface area contributed by atoms with E-state index in [4.69, 9.17) is 4.74 Å². The molecule has 0 bridgehead atoms. The molecule has 2 atom stereocenters. The van der Waals surface area contributed by atoms with E-state index in [9.17, 15) is 14.0 Å². The molecule has 0 spiro atoms. The number of nitrogens with zero attached hydrogens (tertiary/aromatic N) is 3. The van der Waals surface area contributed by atoms with Crippen molar-refractivity contribution in [2.24, 2.45) is 0 Å². The second kappa shape index (κ2) is 9.57. The lowest BCUT2D eigenvalue weighted by molar-refractivity contribution is -0.115. The highest BCUT2D eigenvalue weighted by Gasteiger charge is 2.25. The maximum Gasteiger partial charge on any atom is 0.263 e. The standard InChI is InChI=1S/C22H23FN4O3S/c1-2-18(20(28)25-15-9-7-14(23)8-10-15)31-22-26-19-17(6-3-11-24-19)21(29)27(22)13-16-5-4-12-30-16/h3,6-11,16,18H,2,4-5,12-13H2,1H3,(H,25,28)/t16-,18-/m0/s1. The highest BCUT2D eigenvalue weighted by molar-refractivity contribution is 8.00. The van der Waals surface area contributed by atoms with Crippen molar-refractivity contribution in [1.29, 1.82) is 0 Å². The van der Waals surface area contributed by atoms with Crippen LogP contribution in [0.5, 0.6) is 0 Å². The van der Waals surface area contributed by atoms with Gasteiger partial charge in [0.15, 0.2) is 10.8 Å². The third-order valence-corrected chi connectivity index (χ3v) is 6.48. The van der Waals surface area contributed by atoms with Crippen LogP contribution in [-0.2, 0) is 16.1 Å². The van der Waals surface area contributed by atoms with Gasteiger partial charge in [0, 0.05) is 18.5 Å². The first kappa shape index (κ1) is 21.5. The van der Waals surface area contributed by atoms with Gasteiger partial charge in [-0.05, 0) is 55.7 Å². The highest BCUT2D eigenvalue weighted by atomic mass is 32.2. The number of ether oxygens (including phenoxy) is 1. The zero-order valence-electron chi connectivity index (χ0n) is 17.1. The van der Waals surface area contributed by atoms with Crippen LogP contribution in [0.4, 0.5) is 10.1 Å². The van der Waals surface area contributed by atoms with Crippen molar-refractivity contribution in [3.8, 4) is 0 Å². The van der Waals surface area contributed by atoms with Crippen LogP contribution in [0.3, 0.4) is 0 Å². The highest BCUT2D eigenvalue weighted by Crippen LogP contribution is 2.27. The predicted octanol–water partition coefficient (Wildman–Crippen LogP) is 3.62. The summed E-state index contributed by atoms with van der Waals surface area (Å²) in [6.45, 7) is 2.96. The van der Waals surface area contributed by atoms with E-state index in [1.54, 1.807) is 22.9 Å². The van der Waals surface area contributed by atoms with Gasteiger partial charge < -0.3 is 10.1 Å². The summed E-state index contributed by atoms with van der Waals surface area (Å²) in [6, 6.07) is 9.02. The number of hydrogen-bond donors (Lipinski definition) is 1. The van der Waals surface area contributed by atoms with Crippen LogP contribution in [0.1, 0.15) is 26.2 Å². The normalized spacial score (nSPS) is 17.0. The molecular formula is C22H23FN4O3S. The first-order chi connectivity index (χ1) is 15.0. The maximum atomic E-state index is 13.2. The number of carbonyl (C=O) groups excluding carboxylic acids is 1. The Bertz CT molecular complexity index is 1130. The minimum atomic E-state index is -0.492. The third kappa shape index (κ3) is 4.94. The van der Waals surface area contributed by atoms with Gasteiger partial charge in [0.1, 0.15) is 5.82 Å². The van der Waals surface area contributed by atoms with Gasteiger partial charge in [0.2, 0.25) is 5.91 Å². The number of rotatable bonds is 7. The smallest absolute Gasteiger partial charge is 0.263 e. The fraction of sp³-hybridized carbons (Fsp3) is 0.364. The number of thioether (sulfide) groups is 1. The van der Waals surface area contributed by atoms with Crippen LogP contribution in [0.15, 0.2) is 52.5 Å². The first-order valence-electron chi connectivity index (χ1n) is 10.3. The molecule has 9 heteroatoms. The summed E-state index contributed by atoms with van der Waals surface area (Å²) in [7, 11) is 0. The molecule has 3 heterocycles. The summed E-state index contributed by atoms with van der Waals surface area (Å²) in [5.74, 6) is -0.608. The molecule has 0 radical (unpaired) electrons. The lowest BCUT2D eigenvalue weighted by Crippen LogP contribution is -2.31. The fourth-order valence-electron chi connectivity index (χ4n) is 3.48. The van der Waals surface area contributed by atoms with Gasteiger partial charge in [-0.3, -0.25) is 14.2 Å². The van der Waals surface area contributed by atoms with E-state index in [1.807, 2.05) is 6.92 Å². The zero-order chi connectivity index (χ0) is 21.8. The number of anilines is 1. The molecule has 1 fully saturated rings. The monoisotopic (exact) mass is 442 g/mol. The molecule has 1 N–H and O–H groups in total. The van der Waals surface area contributed by atoms with Gasteiger partial charge in [-0.2, -0.15) is 0 Å². The van der Waals surface area contributed by atoms with Crippen LogP contribution in [0, 0.1) is 5.82 Å². The van der Waals surface area contributed by atoms with Gasteiger partial charge in [-0.1, -0.05) is 18.7 Å².